The van der Waals surface area contributed by atoms with Gasteiger partial charge in [0.15, 0.2) is 5.82 Å². The molecule has 1 heterocycles. The SMILES string of the molecule is O=S(=O)(Nc1nn(Cc2ccc(Cl)c(Cl)c2)cc1Cl)c1cc(Cl)ccc1Cl. The van der Waals surface area contributed by atoms with Crippen molar-refractivity contribution in [2.75, 3.05) is 4.72 Å². The number of sulfonamides is 1. The summed E-state index contributed by atoms with van der Waals surface area (Å²) in [6, 6.07) is 9.25. The Morgan fingerprint density at radius 1 is 0.889 bits per heavy atom. The quantitative estimate of drug-likeness (QED) is 0.482. The van der Waals surface area contributed by atoms with Gasteiger partial charge in [0.05, 0.1) is 21.6 Å². The van der Waals surface area contributed by atoms with Crippen LogP contribution in [0.1, 0.15) is 5.56 Å². The van der Waals surface area contributed by atoms with E-state index in [-0.39, 0.29) is 25.8 Å². The Bertz CT molecular complexity index is 1120. The summed E-state index contributed by atoms with van der Waals surface area (Å²) in [5.74, 6) is -0.0345. The average Bonchev–Trinajstić information content (AvgIpc) is 2.91. The van der Waals surface area contributed by atoms with Crippen LogP contribution in [0.5, 0.6) is 0 Å². The molecule has 1 aromatic heterocycles. The maximum atomic E-state index is 12.6. The van der Waals surface area contributed by atoms with Gasteiger partial charge in [0, 0.05) is 11.2 Å². The van der Waals surface area contributed by atoms with Crippen LogP contribution < -0.4 is 4.72 Å². The molecule has 0 fully saturated rings. The molecule has 2 aromatic carbocycles. The first kappa shape index (κ1) is 20.6. The van der Waals surface area contributed by atoms with Gasteiger partial charge >= 0.3 is 0 Å². The predicted octanol–water partition coefficient (Wildman–Crippen LogP) is 6.00. The average molecular weight is 486 g/mol. The van der Waals surface area contributed by atoms with Crippen LogP contribution in [0.15, 0.2) is 47.5 Å². The molecule has 0 aliphatic heterocycles. The summed E-state index contributed by atoms with van der Waals surface area (Å²) >= 11 is 29.8. The molecule has 0 radical (unpaired) electrons. The summed E-state index contributed by atoms with van der Waals surface area (Å²) in [7, 11) is -4.03. The fourth-order valence-corrected chi connectivity index (χ4v) is 4.59. The monoisotopic (exact) mass is 483 g/mol. The maximum Gasteiger partial charge on any atom is 0.264 e. The van der Waals surface area contributed by atoms with Gasteiger partial charge in [-0.15, -0.1) is 0 Å². The van der Waals surface area contributed by atoms with Crippen LogP contribution >= 0.6 is 58.0 Å². The van der Waals surface area contributed by atoms with Crippen molar-refractivity contribution in [3.8, 4) is 0 Å². The normalized spacial score (nSPS) is 11.6. The number of halogens is 5. The minimum Gasteiger partial charge on any atom is -0.265 e. The van der Waals surface area contributed by atoms with Crippen molar-refractivity contribution in [2.45, 2.75) is 11.4 Å². The molecular weight excluding hydrogens is 476 g/mol. The number of anilines is 1. The minimum atomic E-state index is -4.03. The summed E-state index contributed by atoms with van der Waals surface area (Å²) in [5, 5.41) is 5.39. The molecule has 0 bridgehead atoms. The fraction of sp³-hybridized carbons (Fsp3) is 0.0625. The van der Waals surface area contributed by atoms with Gasteiger partial charge in [0.2, 0.25) is 0 Å². The first-order valence-electron chi connectivity index (χ1n) is 7.30. The highest BCUT2D eigenvalue weighted by Gasteiger charge is 2.21. The van der Waals surface area contributed by atoms with Gasteiger partial charge in [0.25, 0.3) is 10.0 Å². The van der Waals surface area contributed by atoms with Crippen molar-refractivity contribution >= 4 is 73.8 Å². The van der Waals surface area contributed by atoms with E-state index in [0.717, 1.165) is 5.56 Å². The summed E-state index contributed by atoms with van der Waals surface area (Å²) in [5.41, 5.74) is 0.816. The number of hydrogen-bond donors (Lipinski definition) is 1. The van der Waals surface area contributed by atoms with Gasteiger partial charge in [0.1, 0.15) is 9.92 Å². The smallest absolute Gasteiger partial charge is 0.264 e. The molecule has 0 aliphatic carbocycles. The molecule has 1 N–H and O–H groups in total. The molecule has 27 heavy (non-hydrogen) atoms. The van der Waals surface area contributed by atoms with Gasteiger partial charge < -0.3 is 0 Å². The van der Waals surface area contributed by atoms with E-state index in [1.165, 1.54) is 29.1 Å². The van der Waals surface area contributed by atoms with Crippen LogP contribution in [-0.4, -0.2) is 18.2 Å². The molecule has 0 amide bonds. The molecule has 0 aliphatic rings. The van der Waals surface area contributed by atoms with Crippen LogP contribution in [0.4, 0.5) is 5.82 Å². The number of aromatic nitrogens is 2. The zero-order chi connectivity index (χ0) is 19.8. The molecule has 0 unspecified atom stereocenters. The Hall–Kier alpha value is -1.15. The summed E-state index contributed by atoms with van der Waals surface area (Å²) in [6.45, 7) is 0.316. The van der Waals surface area contributed by atoms with Gasteiger partial charge in [-0.3, -0.25) is 9.40 Å². The van der Waals surface area contributed by atoms with E-state index < -0.39 is 10.0 Å². The van der Waals surface area contributed by atoms with E-state index in [0.29, 0.717) is 16.6 Å². The second-order valence-electron chi connectivity index (χ2n) is 5.45. The number of hydrogen-bond acceptors (Lipinski definition) is 3. The first-order chi connectivity index (χ1) is 12.7. The molecule has 3 aromatic rings. The number of benzene rings is 2. The third-order valence-electron chi connectivity index (χ3n) is 3.46. The van der Waals surface area contributed by atoms with Crippen LogP contribution in [-0.2, 0) is 16.6 Å². The zero-order valence-corrected chi connectivity index (χ0v) is 17.9. The number of nitrogens with one attached hydrogen (secondary N) is 1. The van der Waals surface area contributed by atoms with Crippen molar-refractivity contribution in [3.63, 3.8) is 0 Å². The van der Waals surface area contributed by atoms with Crippen molar-refractivity contribution < 1.29 is 8.42 Å². The van der Waals surface area contributed by atoms with Crippen LogP contribution in [0.2, 0.25) is 25.1 Å². The molecule has 5 nitrogen and oxygen atoms in total. The van der Waals surface area contributed by atoms with Gasteiger partial charge in [-0.05, 0) is 35.9 Å². The molecule has 0 saturated carbocycles. The van der Waals surface area contributed by atoms with E-state index in [1.807, 2.05) is 0 Å². The minimum absolute atomic E-state index is 0.0262. The maximum absolute atomic E-state index is 12.6. The zero-order valence-electron chi connectivity index (χ0n) is 13.3. The largest absolute Gasteiger partial charge is 0.265 e. The second kappa shape index (κ2) is 8.07. The van der Waals surface area contributed by atoms with Crippen molar-refractivity contribution in [1.29, 1.82) is 0 Å². The Morgan fingerprint density at radius 2 is 1.59 bits per heavy atom. The van der Waals surface area contributed by atoms with E-state index in [2.05, 4.69) is 9.82 Å². The van der Waals surface area contributed by atoms with Gasteiger partial charge in [-0.1, -0.05) is 64.1 Å². The Balaban J connectivity index is 1.86. The standard InChI is InChI=1S/C16H10Cl5N3O2S/c17-10-2-4-12(19)15(6-10)27(25,26)23-16-14(21)8-24(22-16)7-9-1-3-11(18)13(20)5-9/h1-6,8H,7H2,(H,22,23). The lowest BCUT2D eigenvalue weighted by molar-refractivity contribution is 0.600. The van der Waals surface area contributed by atoms with Gasteiger partial charge in [-0.25, -0.2) is 8.42 Å². The van der Waals surface area contributed by atoms with Crippen LogP contribution in [0.3, 0.4) is 0 Å². The lowest BCUT2D eigenvalue weighted by Crippen LogP contribution is -2.14. The molecule has 11 heteroatoms. The fourth-order valence-electron chi connectivity index (χ4n) is 2.24. The highest BCUT2D eigenvalue weighted by Crippen LogP contribution is 2.29. The highest BCUT2D eigenvalue weighted by molar-refractivity contribution is 7.92. The van der Waals surface area contributed by atoms with E-state index in [4.69, 9.17) is 58.0 Å². The first-order valence-corrected chi connectivity index (χ1v) is 10.7. The molecule has 3 rings (SSSR count). The Labute approximate surface area is 180 Å². The van der Waals surface area contributed by atoms with Crippen molar-refractivity contribution in [2.24, 2.45) is 0 Å². The second-order valence-corrected chi connectivity index (χ2v) is 9.17. The number of nitrogens with zero attached hydrogens (tertiary/aromatic N) is 2. The lowest BCUT2D eigenvalue weighted by Gasteiger charge is -2.08. The van der Waals surface area contributed by atoms with E-state index in [1.54, 1.807) is 18.2 Å². The summed E-state index contributed by atoms with van der Waals surface area (Å²) < 4.78 is 29.0. The Kier molecular flexibility index (Phi) is 6.15. The van der Waals surface area contributed by atoms with Crippen molar-refractivity contribution in [1.82, 2.24) is 9.78 Å². The van der Waals surface area contributed by atoms with E-state index >= 15 is 0 Å². The van der Waals surface area contributed by atoms with Crippen molar-refractivity contribution in [3.05, 3.63) is 73.3 Å². The predicted molar refractivity (Wildman–Crippen MR) is 110 cm³/mol. The number of rotatable bonds is 5. The van der Waals surface area contributed by atoms with Gasteiger partial charge in [-0.2, -0.15) is 5.10 Å². The molecule has 142 valence electrons. The molecule has 0 atom stereocenters. The third kappa shape index (κ3) is 4.83. The van der Waals surface area contributed by atoms with Crippen LogP contribution in [0.25, 0.3) is 0 Å². The topological polar surface area (TPSA) is 64.0 Å². The lowest BCUT2D eigenvalue weighted by atomic mass is 10.2. The Morgan fingerprint density at radius 3 is 2.30 bits per heavy atom. The summed E-state index contributed by atoms with van der Waals surface area (Å²) in [6.07, 6.45) is 1.49. The molecule has 0 saturated heterocycles. The third-order valence-corrected chi connectivity index (χ3v) is 6.53. The summed E-state index contributed by atoms with van der Waals surface area (Å²) in [4.78, 5) is -0.174. The van der Waals surface area contributed by atoms with E-state index in [9.17, 15) is 8.42 Å². The molecular formula is C16H10Cl5N3O2S. The molecule has 0 spiro atoms. The highest BCUT2D eigenvalue weighted by atomic mass is 35.5. The van der Waals surface area contributed by atoms with Crippen LogP contribution in [0, 0.1) is 0 Å².